The number of allylic oxidation sites excluding steroid dienone is 7. The number of hydrogen-bond donors (Lipinski definition) is 0. The molecule has 0 aliphatic carbocycles. The van der Waals surface area contributed by atoms with Crippen molar-refractivity contribution in [3.63, 3.8) is 0 Å². The molecule has 0 saturated heterocycles. The summed E-state index contributed by atoms with van der Waals surface area (Å²) in [7, 11) is 0. The molecule has 2 heteroatoms. The van der Waals surface area contributed by atoms with Gasteiger partial charge in [-0.1, -0.05) is 12.2 Å². The molecule has 0 spiro atoms. The van der Waals surface area contributed by atoms with Gasteiger partial charge in [-0.2, -0.15) is 0 Å². The van der Waals surface area contributed by atoms with Crippen LogP contribution >= 0.6 is 0 Å². The maximum atomic E-state index is 4.05. The van der Waals surface area contributed by atoms with E-state index < -0.39 is 0 Å². The van der Waals surface area contributed by atoms with Gasteiger partial charge in [0.25, 0.3) is 0 Å². The SMILES string of the molecule is C1=CC=C(C2=CN=C=CC=C2)C=NC=1. The molecule has 14 heavy (non-hydrogen) atoms. The molecule has 2 aliphatic heterocycles. The second-order valence-corrected chi connectivity index (χ2v) is 2.73. The molecule has 0 aromatic rings. The predicted octanol–water partition coefficient (Wildman–Crippen LogP) is 2.35. The van der Waals surface area contributed by atoms with Gasteiger partial charge in [0, 0.05) is 23.6 Å². The zero-order valence-electron chi connectivity index (χ0n) is 7.51. The second kappa shape index (κ2) is 4.20. The average Bonchev–Trinajstić information content (AvgIpc) is 2.62. The van der Waals surface area contributed by atoms with Gasteiger partial charge in [0.05, 0.1) is 6.20 Å². The molecular formula is C12H8N2. The quantitative estimate of drug-likeness (QED) is 0.553. The van der Waals surface area contributed by atoms with Crippen molar-refractivity contribution in [3.8, 4) is 0 Å². The van der Waals surface area contributed by atoms with Crippen LogP contribution in [0.3, 0.4) is 0 Å². The Morgan fingerprint density at radius 3 is 3.14 bits per heavy atom. The number of rotatable bonds is 1. The van der Waals surface area contributed by atoms with E-state index in [1.54, 1.807) is 24.7 Å². The zero-order chi connectivity index (χ0) is 9.64. The van der Waals surface area contributed by atoms with Gasteiger partial charge in [-0.25, -0.2) is 4.99 Å². The van der Waals surface area contributed by atoms with Crippen LogP contribution in [-0.4, -0.2) is 12.1 Å². The van der Waals surface area contributed by atoms with Crippen LogP contribution in [0, 0.1) is 0 Å². The molecule has 0 aromatic carbocycles. The van der Waals surface area contributed by atoms with Gasteiger partial charge in [0.2, 0.25) is 0 Å². The smallest absolute Gasteiger partial charge is 0.0686 e. The largest absolute Gasteiger partial charge is 0.256 e. The van der Waals surface area contributed by atoms with Crippen LogP contribution < -0.4 is 0 Å². The lowest BCUT2D eigenvalue weighted by Gasteiger charge is -1.98. The molecule has 0 amide bonds. The number of aliphatic imine (C=N–C) groups is 2. The highest BCUT2D eigenvalue weighted by molar-refractivity contribution is 5.87. The van der Waals surface area contributed by atoms with Crippen molar-refractivity contribution in [2.75, 3.05) is 0 Å². The summed E-state index contributed by atoms with van der Waals surface area (Å²) < 4.78 is 0. The number of nitrogens with zero attached hydrogens (tertiary/aromatic N) is 2. The fraction of sp³-hybridized carbons (Fsp3) is 0. The van der Waals surface area contributed by atoms with E-state index in [1.807, 2.05) is 24.3 Å². The van der Waals surface area contributed by atoms with E-state index in [1.165, 1.54) is 0 Å². The first kappa shape index (κ1) is 8.46. The molecule has 0 atom stereocenters. The monoisotopic (exact) mass is 180 g/mol. The molecule has 66 valence electrons. The first-order chi connectivity index (χ1) is 6.97. The third-order valence-corrected chi connectivity index (χ3v) is 1.78. The Labute approximate surface area is 82.4 Å². The summed E-state index contributed by atoms with van der Waals surface area (Å²) in [6, 6.07) is 0. The molecule has 2 rings (SSSR count). The van der Waals surface area contributed by atoms with Gasteiger partial charge in [-0.15, -0.1) is 5.73 Å². The average molecular weight is 180 g/mol. The van der Waals surface area contributed by atoms with Gasteiger partial charge in [-0.05, 0) is 24.1 Å². The van der Waals surface area contributed by atoms with E-state index in [-0.39, 0.29) is 0 Å². The molecule has 0 radical (unpaired) electrons. The third-order valence-electron chi connectivity index (χ3n) is 1.78. The van der Waals surface area contributed by atoms with Crippen LogP contribution in [0.1, 0.15) is 0 Å². The molecule has 2 nitrogen and oxygen atoms in total. The molecule has 0 bridgehead atoms. The lowest BCUT2D eigenvalue weighted by atomic mass is 10.1. The summed E-state index contributed by atoms with van der Waals surface area (Å²) in [5.74, 6) is 2.76. The molecule has 0 saturated carbocycles. The third kappa shape index (κ3) is 1.96. The minimum atomic E-state index is 1.02. The highest BCUT2D eigenvalue weighted by Crippen LogP contribution is 2.12. The van der Waals surface area contributed by atoms with Crippen LogP contribution in [0.15, 0.2) is 69.6 Å². The van der Waals surface area contributed by atoms with Gasteiger partial charge in [0.15, 0.2) is 0 Å². The van der Waals surface area contributed by atoms with Gasteiger partial charge < -0.3 is 0 Å². The molecule has 0 fully saturated rings. The summed E-state index contributed by atoms with van der Waals surface area (Å²) in [6.07, 6.45) is 14.6. The van der Waals surface area contributed by atoms with Gasteiger partial charge in [0.1, 0.15) is 0 Å². The summed E-state index contributed by atoms with van der Waals surface area (Å²) in [5.41, 5.74) is 4.94. The Morgan fingerprint density at radius 1 is 1.14 bits per heavy atom. The van der Waals surface area contributed by atoms with Crippen molar-refractivity contribution >= 4 is 12.1 Å². The molecule has 2 aliphatic rings. The lowest BCUT2D eigenvalue weighted by molar-refractivity contribution is 1.50. The van der Waals surface area contributed by atoms with E-state index in [0.29, 0.717) is 0 Å². The Morgan fingerprint density at radius 2 is 2.14 bits per heavy atom. The second-order valence-electron chi connectivity index (χ2n) is 2.73. The topological polar surface area (TPSA) is 24.7 Å². The van der Waals surface area contributed by atoms with Crippen molar-refractivity contribution in [2.45, 2.75) is 0 Å². The van der Waals surface area contributed by atoms with E-state index >= 15 is 0 Å². The van der Waals surface area contributed by atoms with Crippen LogP contribution in [0.5, 0.6) is 0 Å². The van der Waals surface area contributed by atoms with Gasteiger partial charge >= 0.3 is 0 Å². The van der Waals surface area contributed by atoms with Crippen molar-refractivity contribution in [3.05, 3.63) is 59.7 Å². The predicted molar refractivity (Wildman–Crippen MR) is 58.5 cm³/mol. The Kier molecular flexibility index (Phi) is 2.54. The lowest BCUT2D eigenvalue weighted by Crippen LogP contribution is -1.87. The van der Waals surface area contributed by atoms with E-state index in [4.69, 9.17) is 0 Å². The molecule has 0 aromatic heterocycles. The van der Waals surface area contributed by atoms with Crippen LogP contribution in [0.2, 0.25) is 0 Å². The summed E-state index contributed by atoms with van der Waals surface area (Å²) in [5, 5.41) is 0. The van der Waals surface area contributed by atoms with Crippen molar-refractivity contribution in [1.29, 1.82) is 0 Å². The van der Waals surface area contributed by atoms with Crippen molar-refractivity contribution in [1.82, 2.24) is 0 Å². The Hall–Kier alpha value is -2.14. The zero-order valence-corrected chi connectivity index (χ0v) is 7.51. The highest BCUT2D eigenvalue weighted by atomic mass is 14.7. The summed E-state index contributed by atoms with van der Waals surface area (Å²) >= 11 is 0. The fourth-order valence-electron chi connectivity index (χ4n) is 1.11. The maximum Gasteiger partial charge on any atom is 0.0686 e. The fourth-order valence-corrected chi connectivity index (χ4v) is 1.11. The minimum absolute atomic E-state index is 1.02. The molecular weight excluding hydrogens is 172 g/mol. The maximum absolute atomic E-state index is 4.05. The summed E-state index contributed by atoms with van der Waals surface area (Å²) in [6.45, 7) is 0. The van der Waals surface area contributed by atoms with Crippen LogP contribution in [0.25, 0.3) is 0 Å². The normalized spacial score (nSPS) is 17.7. The first-order valence-corrected chi connectivity index (χ1v) is 4.27. The van der Waals surface area contributed by atoms with Gasteiger partial charge in [-0.3, -0.25) is 4.99 Å². The molecule has 2 heterocycles. The van der Waals surface area contributed by atoms with E-state index in [9.17, 15) is 0 Å². The minimum Gasteiger partial charge on any atom is -0.256 e. The summed E-state index contributed by atoms with van der Waals surface area (Å²) in [4.78, 5) is 8.03. The molecule has 0 unspecified atom stereocenters. The Balaban J connectivity index is 2.34. The van der Waals surface area contributed by atoms with Crippen molar-refractivity contribution < 1.29 is 0 Å². The Bertz CT molecular complexity index is 426. The number of hydrogen-bond acceptors (Lipinski definition) is 2. The first-order valence-electron chi connectivity index (χ1n) is 4.27. The standard InChI is InChI=1S/C12H8N2/c1-3-7-13-9-11(5-1)12-6-2-4-8-14-10-12/h1-3,5-6,8-10H. The molecule has 0 N–H and O–H groups in total. The van der Waals surface area contributed by atoms with Crippen LogP contribution in [-0.2, 0) is 0 Å². The van der Waals surface area contributed by atoms with Crippen molar-refractivity contribution in [2.24, 2.45) is 9.98 Å². The van der Waals surface area contributed by atoms with Crippen LogP contribution in [0.4, 0.5) is 0 Å². The van der Waals surface area contributed by atoms with E-state index in [0.717, 1.165) is 11.1 Å². The highest BCUT2D eigenvalue weighted by Gasteiger charge is 1.99. The van der Waals surface area contributed by atoms with E-state index in [2.05, 4.69) is 21.6 Å².